The van der Waals surface area contributed by atoms with Gasteiger partial charge in [0.15, 0.2) is 0 Å². The number of primary amides is 1. The molecule has 0 unspecified atom stereocenters. The molecule has 0 fully saturated rings. The highest BCUT2D eigenvalue weighted by Gasteiger charge is 2.16. The first-order chi connectivity index (χ1) is 12.9. The first kappa shape index (κ1) is 19.2. The highest BCUT2D eigenvalue weighted by Crippen LogP contribution is 2.26. The van der Waals surface area contributed by atoms with E-state index in [1.807, 2.05) is 23.6 Å². The molecule has 1 aromatic carbocycles. The maximum atomic E-state index is 11.5. The van der Waals surface area contributed by atoms with Crippen molar-refractivity contribution in [1.29, 1.82) is 0 Å². The molecule has 0 atom stereocenters. The molecule has 1 amide bonds. The van der Waals surface area contributed by atoms with Crippen LogP contribution >= 0.6 is 0 Å². The van der Waals surface area contributed by atoms with Crippen LogP contribution in [0.5, 0.6) is 0 Å². The van der Waals surface area contributed by atoms with Gasteiger partial charge in [0.25, 0.3) is 0 Å². The molecule has 2 aromatic heterocycles. The number of rotatable bonds is 8. The van der Waals surface area contributed by atoms with Crippen molar-refractivity contribution in [2.75, 3.05) is 13.6 Å². The van der Waals surface area contributed by atoms with E-state index in [0.29, 0.717) is 0 Å². The Labute approximate surface area is 160 Å². The number of hydrogen-bond donors (Lipinski definition) is 1. The van der Waals surface area contributed by atoms with Gasteiger partial charge in [-0.05, 0) is 58.5 Å². The molecule has 2 heterocycles. The molecule has 0 radical (unpaired) electrons. The summed E-state index contributed by atoms with van der Waals surface area (Å²) in [6, 6.07) is 10.3. The van der Waals surface area contributed by atoms with Crippen LogP contribution in [0.2, 0.25) is 0 Å². The fourth-order valence-corrected chi connectivity index (χ4v) is 3.80. The van der Waals surface area contributed by atoms with Gasteiger partial charge in [0.05, 0.1) is 5.69 Å². The predicted octanol–water partition coefficient (Wildman–Crippen LogP) is 2.77. The number of carbonyl (C=O) groups is 1. The quantitative estimate of drug-likeness (QED) is 0.666. The van der Waals surface area contributed by atoms with Crippen LogP contribution < -0.4 is 5.73 Å². The minimum Gasteiger partial charge on any atom is -0.368 e. The van der Waals surface area contributed by atoms with Crippen molar-refractivity contribution < 1.29 is 4.79 Å². The molecule has 3 aromatic rings. The third-order valence-corrected chi connectivity index (χ3v) is 5.12. The average molecular weight is 367 g/mol. The normalized spacial score (nSPS) is 11.6. The van der Waals surface area contributed by atoms with E-state index in [4.69, 9.17) is 5.73 Å². The molecule has 0 bridgehead atoms. The Kier molecular flexibility index (Phi) is 5.65. The number of aryl methyl sites for hydroxylation is 3. The molecule has 0 saturated heterocycles. The van der Waals surface area contributed by atoms with E-state index in [9.17, 15) is 4.79 Å². The Hall–Kier alpha value is -2.60. The molecule has 6 nitrogen and oxygen atoms in total. The summed E-state index contributed by atoms with van der Waals surface area (Å²) in [5, 5.41) is 5.72. The van der Waals surface area contributed by atoms with Crippen molar-refractivity contribution >= 4 is 16.8 Å². The number of benzene rings is 1. The highest BCUT2D eigenvalue weighted by atomic mass is 16.1. The van der Waals surface area contributed by atoms with E-state index < -0.39 is 0 Å². The number of amides is 1. The summed E-state index contributed by atoms with van der Waals surface area (Å²) in [6.45, 7) is 9.16. The number of para-hydroxylation sites is 1. The lowest BCUT2D eigenvalue weighted by molar-refractivity contribution is -0.118. The molecular weight excluding hydrogens is 338 g/mol. The molecule has 2 N–H and O–H groups in total. The molecule has 6 heteroatoms. The van der Waals surface area contributed by atoms with Gasteiger partial charge in [0, 0.05) is 35.4 Å². The molecule has 0 aliphatic heterocycles. The number of hydrogen-bond acceptors (Lipinski definition) is 3. The van der Waals surface area contributed by atoms with Crippen molar-refractivity contribution in [3.05, 3.63) is 53.0 Å². The van der Waals surface area contributed by atoms with E-state index in [-0.39, 0.29) is 12.5 Å². The largest absolute Gasteiger partial charge is 0.368 e. The van der Waals surface area contributed by atoms with Crippen LogP contribution in [0.25, 0.3) is 10.9 Å². The van der Waals surface area contributed by atoms with E-state index >= 15 is 0 Å². The van der Waals surface area contributed by atoms with Gasteiger partial charge >= 0.3 is 0 Å². The van der Waals surface area contributed by atoms with Gasteiger partial charge in [0.2, 0.25) is 5.91 Å². The van der Waals surface area contributed by atoms with Crippen LogP contribution in [-0.4, -0.2) is 38.7 Å². The molecule has 144 valence electrons. The van der Waals surface area contributed by atoms with Gasteiger partial charge in [-0.1, -0.05) is 18.2 Å². The fraction of sp³-hybridized carbons (Fsp3) is 0.429. The first-order valence-corrected chi connectivity index (χ1v) is 9.41. The molecule has 0 aliphatic carbocycles. The Morgan fingerprint density at radius 2 is 1.96 bits per heavy atom. The Morgan fingerprint density at radius 3 is 2.63 bits per heavy atom. The van der Waals surface area contributed by atoms with Crippen LogP contribution in [0.4, 0.5) is 0 Å². The Bertz CT molecular complexity index is 953. The van der Waals surface area contributed by atoms with Crippen molar-refractivity contribution in [2.45, 2.75) is 46.8 Å². The third-order valence-electron chi connectivity index (χ3n) is 5.12. The van der Waals surface area contributed by atoms with E-state index in [1.54, 1.807) is 0 Å². The molecule has 0 spiro atoms. The second-order valence-corrected chi connectivity index (χ2v) is 7.38. The summed E-state index contributed by atoms with van der Waals surface area (Å²) in [7, 11) is 2.14. The zero-order chi connectivity index (χ0) is 19.6. The van der Waals surface area contributed by atoms with Crippen molar-refractivity contribution in [3.63, 3.8) is 0 Å². The Morgan fingerprint density at radius 1 is 1.22 bits per heavy atom. The lowest BCUT2D eigenvalue weighted by Gasteiger charge is -2.17. The first-order valence-electron chi connectivity index (χ1n) is 9.41. The molecule has 27 heavy (non-hydrogen) atoms. The van der Waals surface area contributed by atoms with Gasteiger partial charge in [-0.3, -0.25) is 9.48 Å². The monoisotopic (exact) mass is 367 g/mol. The zero-order valence-corrected chi connectivity index (χ0v) is 16.7. The summed E-state index contributed by atoms with van der Waals surface area (Å²) in [4.78, 5) is 13.8. The third kappa shape index (κ3) is 4.22. The van der Waals surface area contributed by atoms with Gasteiger partial charge in [0.1, 0.15) is 6.54 Å². The van der Waals surface area contributed by atoms with Crippen LogP contribution in [0.1, 0.15) is 29.1 Å². The fourth-order valence-electron chi connectivity index (χ4n) is 3.80. The van der Waals surface area contributed by atoms with Gasteiger partial charge in [-0.2, -0.15) is 5.10 Å². The minimum absolute atomic E-state index is 0.216. The van der Waals surface area contributed by atoms with Gasteiger partial charge < -0.3 is 15.2 Å². The smallest absolute Gasteiger partial charge is 0.237 e. The predicted molar refractivity (Wildman–Crippen MR) is 109 cm³/mol. The van der Waals surface area contributed by atoms with Gasteiger partial charge in [-0.15, -0.1) is 0 Å². The average Bonchev–Trinajstić information content (AvgIpc) is 3.06. The van der Waals surface area contributed by atoms with E-state index in [1.165, 1.54) is 16.6 Å². The number of nitrogens with zero attached hydrogens (tertiary/aromatic N) is 4. The van der Waals surface area contributed by atoms with E-state index in [2.05, 4.69) is 53.8 Å². The summed E-state index contributed by atoms with van der Waals surface area (Å²) < 4.78 is 4.10. The zero-order valence-electron chi connectivity index (χ0n) is 16.7. The Balaban J connectivity index is 1.71. The molecule has 3 rings (SSSR count). The van der Waals surface area contributed by atoms with Crippen molar-refractivity contribution in [1.82, 2.24) is 19.2 Å². The second-order valence-electron chi connectivity index (χ2n) is 7.38. The molecule has 0 saturated carbocycles. The summed E-state index contributed by atoms with van der Waals surface area (Å²) >= 11 is 0. The standard InChI is InChI=1S/C21H29N5O/c1-15-12-16(2)26(23-15)11-7-10-24(4)13-19-17(3)25(14-21(22)27)20-9-6-5-8-18(19)20/h5-6,8-9,12H,7,10-11,13-14H2,1-4H3,(H2,22,27). The molecule has 0 aliphatic rings. The van der Waals surface area contributed by atoms with E-state index in [0.717, 1.165) is 43.0 Å². The van der Waals surface area contributed by atoms with Crippen LogP contribution in [-0.2, 0) is 24.4 Å². The molecular formula is C21H29N5O. The summed E-state index contributed by atoms with van der Waals surface area (Å²) in [6.07, 6.45) is 1.04. The number of carbonyl (C=O) groups excluding carboxylic acids is 1. The second kappa shape index (κ2) is 7.96. The van der Waals surface area contributed by atoms with Crippen molar-refractivity contribution in [2.24, 2.45) is 5.73 Å². The lowest BCUT2D eigenvalue weighted by Crippen LogP contribution is -2.22. The maximum absolute atomic E-state index is 11.5. The SMILES string of the molecule is Cc1cc(C)n(CCCN(C)Cc2c(C)n(CC(N)=O)c3ccccc23)n1. The minimum atomic E-state index is -0.316. The lowest BCUT2D eigenvalue weighted by atomic mass is 10.1. The summed E-state index contributed by atoms with van der Waals surface area (Å²) in [5.41, 5.74) is 11.2. The maximum Gasteiger partial charge on any atom is 0.237 e. The van der Waals surface area contributed by atoms with Crippen LogP contribution in [0.15, 0.2) is 30.3 Å². The van der Waals surface area contributed by atoms with Gasteiger partial charge in [-0.25, -0.2) is 0 Å². The number of aromatic nitrogens is 3. The van der Waals surface area contributed by atoms with Crippen LogP contribution in [0, 0.1) is 20.8 Å². The topological polar surface area (TPSA) is 69.1 Å². The van der Waals surface area contributed by atoms with Crippen molar-refractivity contribution in [3.8, 4) is 0 Å². The number of nitrogens with two attached hydrogens (primary N) is 1. The van der Waals surface area contributed by atoms with Crippen LogP contribution in [0.3, 0.4) is 0 Å². The highest BCUT2D eigenvalue weighted by molar-refractivity contribution is 5.87. The number of fused-ring (bicyclic) bond motifs is 1. The summed E-state index contributed by atoms with van der Waals surface area (Å²) in [5.74, 6) is -0.316.